The van der Waals surface area contributed by atoms with Gasteiger partial charge in [0, 0.05) is 0 Å². The van der Waals surface area contributed by atoms with E-state index in [1.165, 1.54) is 4.90 Å². The molecule has 0 unspecified atom stereocenters. The van der Waals surface area contributed by atoms with Gasteiger partial charge in [-0.3, -0.25) is 9.59 Å². The normalized spacial score (nSPS) is 37.7. The molecular formula is C17H14ClNO2. The first-order valence-corrected chi connectivity index (χ1v) is 7.84. The number of halogens is 1. The molecular weight excluding hydrogens is 286 g/mol. The maximum absolute atomic E-state index is 12.9. The summed E-state index contributed by atoms with van der Waals surface area (Å²) < 4.78 is 0. The van der Waals surface area contributed by atoms with Gasteiger partial charge in [0.15, 0.2) is 0 Å². The first kappa shape index (κ1) is 12.0. The van der Waals surface area contributed by atoms with Crippen LogP contribution in [0.5, 0.6) is 0 Å². The summed E-state index contributed by atoms with van der Waals surface area (Å²) in [7, 11) is 0. The first-order chi connectivity index (χ1) is 10.1. The molecule has 0 aromatic heterocycles. The second-order valence-electron chi connectivity index (χ2n) is 6.68. The minimum absolute atomic E-state index is 0.0544. The molecule has 1 heterocycles. The van der Waals surface area contributed by atoms with Gasteiger partial charge in [-0.1, -0.05) is 35.9 Å². The van der Waals surface area contributed by atoms with Crippen molar-refractivity contribution in [1.29, 1.82) is 0 Å². The molecule has 1 aromatic carbocycles. The molecule has 0 radical (unpaired) electrons. The van der Waals surface area contributed by atoms with Crippen molar-refractivity contribution in [1.82, 2.24) is 0 Å². The molecule has 1 aromatic rings. The highest BCUT2D eigenvalue weighted by atomic mass is 35.5. The molecule has 2 amide bonds. The van der Waals surface area contributed by atoms with Gasteiger partial charge in [0.1, 0.15) is 0 Å². The summed E-state index contributed by atoms with van der Waals surface area (Å²) in [4.78, 5) is 27.1. The van der Waals surface area contributed by atoms with Gasteiger partial charge in [-0.05, 0) is 42.2 Å². The van der Waals surface area contributed by atoms with Crippen LogP contribution in [0.15, 0.2) is 36.4 Å². The summed E-state index contributed by atoms with van der Waals surface area (Å²) in [5.41, 5.74) is 0.778. The third-order valence-electron chi connectivity index (χ3n) is 5.95. The first-order valence-electron chi connectivity index (χ1n) is 7.46. The number of amides is 2. The van der Waals surface area contributed by atoms with Crippen LogP contribution in [0.3, 0.4) is 0 Å². The number of carbonyl (C=O) groups excluding carboxylic acids is 2. The van der Waals surface area contributed by atoms with Crippen molar-refractivity contribution in [2.45, 2.75) is 12.8 Å². The third kappa shape index (κ3) is 1.23. The Hall–Kier alpha value is -1.61. The van der Waals surface area contributed by atoms with Crippen molar-refractivity contribution in [3.8, 4) is 0 Å². The van der Waals surface area contributed by atoms with Crippen molar-refractivity contribution in [3.63, 3.8) is 0 Å². The SMILES string of the molecule is O=C1[C@H]2[C@H](C(=O)N1c1ccccc1Cl)[C@H]1C=C[C@H]2C12CC2. The van der Waals surface area contributed by atoms with Crippen molar-refractivity contribution in [2.75, 3.05) is 4.90 Å². The lowest BCUT2D eigenvalue weighted by atomic mass is 9.85. The minimum Gasteiger partial charge on any atom is -0.274 e. The largest absolute Gasteiger partial charge is 0.274 e. The minimum atomic E-state index is -0.161. The van der Waals surface area contributed by atoms with Gasteiger partial charge >= 0.3 is 0 Å². The molecule has 2 saturated carbocycles. The Balaban J connectivity index is 1.61. The second-order valence-corrected chi connectivity index (χ2v) is 7.09. The Labute approximate surface area is 127 Å². The summed E-state index contributed by atoms with van der Waals surface area (Å²) in [6.45, 7) is 0. The van der Waals surface area contributed by atoms with Crippen molar-refractivity contribution >= 4 is 29.1 Å². The summed E-state index contributed by atoms with van der Waals surface area (Å²) >= 11 is 6.19. The van der Waals surface area contributed by atoms with Gasteiger partial charge in [-0.25, -0.2) is 4.90 Å². The smallest absolute Gasteiger partial charge is 0.238 e. The molecule has 1 spiro atoms. The fraction of sp³-hybridized carbons (Fsp3) is 0.412. The van der Waals surface area contributed by atoms with Crippen LogP contribution in [-0.2, 0) is 9.59 Å². The Bertz CT molecular complexity index is 687. The van der Waals surface area contributed by atoms with E-state index in [0.29, 0.717) is 10.7 Å². The maximum Gasteiger partial charge on any atom is 0.238 e. The molecule has 21 heavy (non-hydrogen) atoms. The molecule has 0 N–H and O–H groups in total. The number of allylic oxidation sites excluding steroid dienone is 2. The second kappa shape index (κ2) is 3.58. The van der Waals surface area contributed by atoms with E-state index in [4.69, 9.17) is 11.6 Å². The van der Waals surface area contributed by atoms with Crippen LogP contribution in [-0.4, -0.2) is 11.8 Å². The Morgan fingerprint density at radius 1 is 1.00 bits per heavy atom. The molecule has 106 valence electrons. The van der Waals surface area contributed by atoms with Gasteiger partial charge in [0.05, 0.1) is 22.5 Å². The van der Waals surface area contributed by atoms with Gasteiger partial charge in [-0.15, -0.1) is 0 Å². The zero-order valence-corrected chi connectivity index (χ0v) is 12.1. The molecule has 3 nitrogen and oxygen atoms in total. The maximum atomic E-state index is 12.9. The Kier molecular flexibility index (Phi) is 2.05. The summed E-state index contributed by atoms with van der Waals surface area (Å²) in [6, 6.07) is 7.09. The molecule has 5 rings (SSSR count). The van der Waals surface area contributed by atoms with Gasteiger partial charge in [0.25, 0.3) is 0 Å². The van der Waals surface area contributed by atoms with Crippen LogP contribution in [0.25, 0.3) is 0 Å². The van der Waals surface area contributed by atoms with E-state index < -0.39 is 0 Å². The Morgan fingerprint density at radius 3 is 2.10 bits per heavy atom. The van der Waals surface area contributed by atoms with Crippen LogP contribution >= 0.6 is 11.6 Å². The van der Waals surface area contributed by atoms with Crippen molar-refractivity contribution < 1.29 is 9.59 Å². The molecule has 2 bridgehead atoms. The van der Waals surface area contributed by atoms with Crippen LogP contribution in [0.1, 0.15) is 12.8 Å². The number of anilines is 1. The van der Waals surface area contributed by atoms with Gasteiger partial charge < -0.3 is 0 Å². The molecule has 1 aliphatic heterocycles. The quantitative estimate of drug-likeness (QED) is 0.590. The molecule has 4 aliphatic rings. The number of carbonyl (C=O) groups is 2. The standard InChI is InChI=1S/C17H14ClNO2/c18-11-3-1-2-4-12(11)19-15(20)13-9-5-6-10(14(13)16(19)21)17(9)7-8-17/h1-6,9-10,13-14H,7-8H2/t9-,10-,13-,14-/m1/s1. The average molecular weight is 300 g/mol. The lowest BCUT2D eigenvalue weighted by molar-refractivity contribution is -0.123. The molecule has 3 fully saturated rings. The highest BCUT2D eigenvalue weighted by Crippen LogP contribution is 2.73. The topological polar surface area (TPSA) is 37.4 Å². The van der Waals surface area contributed by atoms with Crippen molar-refractivity contribution in [3.05, 3.63) is 41.4 Å². The highest BCUT2D eigenvalue weighted by Gasteiger charge is 2.73. The van der Waals surface area contributed by atoms with Crippen LogP contribution in [0.4, 0.5) is 5.69 Å². The third-order valence-corrected chi connectivity index (χ3v) is 6.27. The van der Waals surface area contributed by atoms with Gasteiger partial charge in [-0.2, -0.15) is 0 Å². The summed E-state index contributed by atoms with van der Waals surface area (Å²) in [6.07, 6.45) is 6.68. The molecule has 1 saturated heterocycles. The summed E-state index contributed by atoms with van der Waals surface area (Å²) in [5, 5.41) is 0.459. The Morgan fingerprint density at radius 2 is 1.57 bits per heavy atom. The van der Waals surface area contributed by atoms with E-state index in [1.807, 2.05) is 12.1 Å². The fourth-order valence-electron chi connectivity index (χ4n) is 4.95. The molecule has 4 atom stereocenters. The predicted molar refractivity (Wildman–Crippen MR) is 78.7 cm³/mol. The number of para-hydroxylation sites is 1. The van der Waals surface area contributed by atoms with Crippen LogP contribution in [0, 0.1) is 29.1 Å². The number of imide groups is 1. The number of hydrogen-bond acceptors (Lipinski definition) is 2. The van der Waals surface area contributed by atoms with E-state index in [2.05, 4.69) is 12.2 Å². The van der Waals surface area contributed by atoms with E-state index >= 15 is 0 Å². The number of fused-ring (bicyclic) bond motifs is 3. The van der Waals surface area contributed by atoms with Crippen molar-refractivity contribution in [2.24, 2.45) is 29.1 Å². The van der Waals surface area contributed by atoms with Crippen LogP contribution < -0.4 is 4.90 Å². The van der Waals surface area contributed by atoms with Gasteiger partial charge in [0.2, 0.25) is 11.8 Å². The lowest BCUT2D eigenvalue weighted by Crippen LogP contribution is -2.34. The number of benzene rings is 1. The predicted octanol–water partition coefficient (Wildman–Crippen LogP) is 3.04. The van der Waals surface area contributed by atoms with E-state index in [-0.39, 0.29) is 40.9 Å². The number of rotatable bonds is 1. The van der Waals surface area contributed by atoms with E-state index in [0.717, 1.165) is 12.8 Å². The monoisotopic (exact) mass is 299 g/mol. The van der Waals surface area contributed by atoms with E-state index in [9.17, 15) is 9.59 Å². The lowest BCUT2D eigenvalue weighted by Gasteiger charge is -2.22. The number of nitrogens with zero attached hydrogens (tertiary/aromatic N) is 1. The fourth-order valence-corrected chi connectivity index (χ4v) is 5.17. The number of hydrogen-bond donors (Lipinski definition) is 0. The highest BCUT2D eigenvalue weighted by molar-refractivity contribution is 6.36. The zero-order chi connectivity index (χ0) is 14.4. The summed E-state index contributed by atoms with van der Waals surface area (Å²) in [5.74, 6) is 0.0906. The molecule has 3 aliphatic carbocycles. The molecule has 4 heteroatoms. The van der Waals surface area contributed by atoms with E-state index in [1.54, 1.807) is 12.1 Å². The average Bonchev–Trinajstić information content (AvgIpc) is 3.07. The zero-order valence-electron chi connectivity index (χ0n) is 11.3. The van der Waals surface area contributed by atoms with Crippen LogP contribution in [0.2, 0.25) is 5.02 Å².